The summed E-state index contributed by atoms with van der Waals surface area (Å²) >= 11 is 0. The van der Waals surface area contributed by atoms with Crippen molar-refractivity contribution in [1.29, 1.82) is 0 Å². The molecule has 1 atom stereocenters. The van der Waals surface area contributed by atoms with Gasteiger partial charge in [0, 0.05) is 24.7 Å². The van der Waals surface area contributed by atoms with Crippen molar-refractivity contribution in [3.8, 4) is 5.75 Å². The summed E-state index contributed by atoms with van der Waals surface area (Å²) in [6.45, 7) is 8.75. The Labute approximate surface area is 127 Å². The zero-order chi connectivity index (χ0) is 15.9. The van der Waals surface area contributed by atoms with Crippen molar-refractivity contribution >= 4 is 6.09 Å². The maximum atomic E-state index is 11.5. The highest BCUT2D eigenvalue weighted by atomic mass is 16.6. The van der Waals surface area contributed by atoms with Gasteiger partial charge in [-0.25, -0.2) is 4.79 Å². The van der Waals surface area contributed by atoms with E-state index >= 15 is 0 Å². The highest BCUT2D eigenvalue weighted by molar-refractivity contribution is 5.67. The highest BCUT2D eigenvalue weighted by Crippen LogP contribution is 2.23. The minimum atomic E-state index is -0.470. The molecule has 1 aromatic rings. The minimum Gasteiger partial charge on any atom is -0.496 e. The normalized spacial score (nSPS) is 12.6. The molecule has 0 fully saturated rings. The number of nitrogens with one attached hydrogen (secondary N) is 2. The van der Waals surface area contributed by atoms with Gasteiger partial charge in [0.15, 0.2) is 0 Å². The van der Waals surface area contributed by atoms with Gasteiger partial charge >= 0.3 is 6.09 Å². The van der Waals surface area contributed by atoms with Crippen molar-refractivity contribution < 1.29 is 14.3 Å². The Morgan fingerprint density at radius 2 is 1.90 bits per heavy atom. The first-order chi connectivity index (χ1) is 9.83. The topological polar surface area (TPSA) is 59.6 Å². The number of rotatable bonds is 6. The maximum Gasteiger partial charge on any atom is 0.407 e. The van der Waals surface area contributed by atoms with Crippen LogP contribution in [0.1, 0.15) is 39.3 Å². The summed E-state index contributed by atoms with van der Waals surface area (Å²) in [4.78, 5) is 11.5. The number of para-hydroxylation sites is 1. The van der Waals surface area contributed by atoms with Crippen LogP contribution in [0.2, 0.25) is 0 Å². The number of hydrogen-bond donors (Lipinski definition) is 2. The van der Waals surface area contributed by atoms with Gasteiger partial charge in [-0.1, -0.05) is 18.2 Å². The van der Waals surface area contributed by atoms with Crippen LogP contribution in [0.4, 0.5) is 4.79 Å². The molecule has 0 aliphatic rings. The molecule has 0 aliphatic carbocycles. The smallest absolute Gasteiger partial charge is 0.407 e. The summed E-state index contributed by atoms with van der Waals surface area (Å²) < 4.78 is 10.5. The Kier molecular flexibility index (Phi) is 6.49. The molecule has 1 amide bonds. The molecule has 118 valence electrons. The van der Waals surface area contributed by atoms with Crippen LogP contribution in [0.5, 0.6) is 5.75 Å². The first kappa shape index (κ1) is 17.3. The van der Waals surface area contributed by atoms with E-state index in [-0.39, 0.29) is 6.04 Å². The molecule has 1 rings (SSSR count). The number of amides is 1. The standard InChI is InChI=1S/C16H26N2O3/c1-12(13-8-6-7-9-14(13)20-5)17-10-11-18-15(19)21-16(2,3)4/h6-9,12,17H,10-11H2,1-5H3,(H,18,19). The van der Waals surface area contributed by atoms with E-state index in [1.54, 1.807) is 7.11 Å². The van der Waals surface area contributed by atoms with Gasteiger partial charge in [0.2, 0.25) is 0 Å². The molecule has 5 nitrogen and oxygen atoms in total. The molecule has 21 heavy (non-hydrogen) atoms. The van der Waals surface area contributed by atoms with E-state index in [2.05, 4.69) is 17.6 Å². The van der Waals surface area contributed by atoms with Crippen molar-refractivity contribution in [3.63, 3.8) is 0 Å². The summed E-state index contributed by atoms with van der Waals surface area (Å²) in [6, 6.07) is 8.03. The Balaban J connectivity index is 2.34. The monoisotopic (exact) mass is 294 g/mol. The molecule has 0 aromatic heterocycles. The maximum absolute atomic E-state index is 11.5. The zero-order valence-electron chi connectivity index (χ0n) is 13.5. The Bertz CT molecular complexity index is 455. The quantitative estimate of drug-likeness (QED) is 0.792. The zero-order valence-corrected chi connectivity index (χ0v) is 13.5. The van der Waals surface area contributed by atoms with Crippen molar-refractivity contribution in [1.82, 2.24) is 10.6 Å². The SMILES string of the molecule is COc1ccccc1C(C)NCCNC(=O)OC(C)(C)C. The van der Waals surface area contributed by atoms with Crippen LogP contribution >= 0.6 is 0 Å². The predicted octanol–water partition coefficient (Wildman–Crippen LogP) is 2.87. The van der Waals surface area contributed by atoms with Crippen LogP contribution in [0.25, 0.3) is 0 Å². The first-order valence-corrected chi connectivity index (χ1v) is 7.16. The lowest BCUT2D eigenvalue weighted by atomic mass is 10.1. The van der Waals surface area contributed by atoms with E-state index in [4.69, 9.17) is 9.47 Å². The Morgan fingerprint density at radius 3 is 2.52 bits per heavy atom. The fourth-order valence-corrected chi connectivity index (χ4v) is 1.90. The largest absolute Gasteiger partial charge is 0.496 e. The van der Waals surface area contributed by atoms with Crippen LogP contribution in [0.3, 0.4) is 0 Å². The van der Waals surface area contributed by atoms with Gasteiger partial charge in [0.05, 0.1) is 7.11 Å². The Hall–Kier alpha value is -1.75. The van der Waals surface area contributed by atoms with E-state index in [0.717, 1.165) is 11.3 Å². The second-order valence-corrected chi connectivity index (χ2v) is 5.85. The van der Waals surface area contributed by atoms with Gasteiger partial charge in [-0.05, 0) is 33.8 Å². The number of alkyl carbamates (subject to hydrolysis) is 1. The molecular weight excluding hydrogens is 268 g/mol. The second-order valence-electron chi connectivity index (χ2n) is 5.85. The van der Waals surface area contributed by atoms with E-state index in [1.165, 1.54) is 0 Å². The minimum absolute atomic E-state index is 0.140. The van der Waals surface area contributed by atoms with E-state index in [9.17, 15) is 4.79 Å². The first-order valence-electron chi connectivity index (χ1n) is 7.16. The van der Waals surface area contributed by atoms with Crippen LogP contribution in [-0.2, 0) is 4.74 Å². The lowest BCUT2D eigenvalue weighted by Crippen LogP contribution is -2.36. The number of carbonyl (C=O) groups excluding carboxylic acids is 1. The summed E-state index contributed by atoms with van der Waals surface area (Å²) in [7, 11) is 1.66. The molecule has 0 spiro atoms. The van der Waals surface area contributed by atoms with Crippen LogP contribution in [0.15, 0.2) is 24.3 Å². The van der Waals surface area contributed by atoms with Crippen molar-refractivity contribution in [2.45, 2.75) is 39.3 Å². The molecule has 0 radical (unpaired) electrons. The van der Waals surface area contributed by atoms with Crippen molar-refractivity contribution in [3.05, 3.63) is 29.8 Å². The van der Waals surface area contributed by atoms with E-state index in [1.807, 2.05) is 45.0 Å². The fraction of sp³-hybridized carbons (Fsp3) is 0.562. The summed E-state index contributed by atoms with van der Waals surface area (Å²) in [5, 5.41) is 6.06. The highest BCUT2D eigenvalue weighted by Gasteiger charge is 2.15. The molecular formula is C16H26N2O3. The number of ether oxygens (including phenoxy) is 2. The van der Waals surface area contributed by atoms with Crippen molar-refractivity contribution in [2.24, 2.45) is 0 Å². The molecule has 1 aromatic carbocycles. The summed E-state index contributed by atoms with van der Waals surface area (Å²) in [5.41, 5.74) is 0.625. The molecule has 0 saturated heterocycles. The third-order valence-electron chi connectivity index (χ3n) is 2.85. The Morgan fingerprint density at radius 1 is 1.24 bits per heavy atom. The molecule has 0 heterocycles. The third-order valence-corrected chi connectivity index (χ3v) is 2.85. The summed E-state index contributed by atoms with van der Waals surface area (Å²) in [5.74, 6) is 0.859. The van der Waals surface area contributed by atoms with Gasteiger partial charge in [-0.3, -0.25) is 0 Å². The molecule has 1 unspecified atom stereocenters. The fourth-order valence-electron chi connectivity index (χ4n) is 1.90. The molecule has 2 N–H and O–H groups in total. The van der Waals surface area contributed by atoms with Gasteiger partial charge in [-0.15, -0.1) is 0 Å². The lowest BCUT2D eigenvalue weighted by Gasteiger charge is -2.20. The number of hydrogen-bond acceptors (Lipinski definition) is 4. The van der Waals surface area contributed by atoms with E-state index < -0.39 is 11.7 Å². The van der Waals surface area contributed by atoms with Crippen LogP contribution < -0.4 is 15.4 Å². The van der Waals surface area contributed by atoms with Crippen molar-refractivity contribution in [2.75, 3.05) is 20.2 Å². The lowest BCUT2D eigenvalue weighted by molar-refractivity contribution is 0.0528. The number of methoxy groups -OCH3 is 1. The van der Waals surface area contributed by atoms with Gasteiger partial charge in [0.1, 0.15) is 11.4 Å². The predicted molar refractivity (Wildman–Crippen MR) is 83.6 cm³/mol. The number of benzene rings is 1. The van der Waals surface area contributed by atoms with E-state index in [0.29, 0.717) is 13.1 Å². The second kappa shape index (κ2) is 7.88. The van der Waals surface area contributed by atoms with Gasteiger partial charge < -0.3 is 20.1 Å². The van der Waals surface area contributed by atoms with Gasteiger partial charge in [0.25, 0.3) is 0 Å². The van der Waals surface area contributed by atoms with Gasteiger partial charge in [-0.2, -0.15) is 0 Å². The molecule has 0 aliphatic heterocycles. The molecule has 0 bridgehead atoms. The molecule has 0 saturated carbocycles. The average Bonchev–Trinajstić information content (AvgIpc) is 2.41. The van der Waals surface area contributed by atoms with Crippen LogP contribution in [-0.4, -0.2) is 31.9 Å². The summed E-state index contributed by atoms with van der Waals surface area (Å²) in [6.07, 6.45) is -0.394. The number of carbonyl (C=O) groups is 1. The third kappa shape index (κ3) is 6.49. The average molecular weight is 294 g/mol. The van der Waals surface area contributed by atoms with Crippen LogP contribution in [0, 0.1) is 0 Å². The molecule has 5 heteroatoms.